The van der Waals surface area contributed by atoms with Crippen molar-refractivity contribution in [2.45, 2.75) is 25.5 Å². The molecule has 0 saturated carbocycles. The number of benzene rings is 1. The second-order valence-electron chi connectivity index (χ2n) is 6.12. The molecule has 1 N–H and O–H groups in total. The number of halogens is 1. The molecular formula is C17H19FN2O4S2. The van der Waals surface area contributed by atoms with E-state index >= 15 is 0 Å². The van der Waals surface area contributed by atoms with Gasteiger partial charge in [0.05, 0.1) is 17.7 Å². The fraction of sp³-hybridized carbons (Fsp3) is 0.353. The first-order valence-corrected chi connectivity index (χ1v) is 10.4. The van der Waals surface area contributed by atoms with Gasteiger partial charge in [0, 0.05) is 19.0 Å². The summed E-state index contributed by atoms with van der Waals surface area (Å²) in [5.74, 6) is -1.00. The third-order valence-electron chi connectivity index (χ3n) is 4.42. The number of hydrogen-bond donors (Lipinski definition) is 1. The van der Waals surface area contributed by atoms with E-state index in [1.807, 2.05) is 0 Å². The predicted molar refractivity (Wildman–Crippen MR) is 96.7 cm³/mol. The predicted octanol–water partition coefficient (Wildman–Crippen LogP) is 2.63. The van der Waals surface area contributed by atoms with E-state index in [0.29, 0.717) is 29.7 Å². The number of ether oxygens (including phenoxy) is 1. The van der Waals surface area contributed by atoms with Crippen LogP contribution in [0.4, 0.5) is 4.39 Å². The molecule has 1 aliphatic heterocycles. The van der Waals surface area contributed by atoms with Crippen LogP contribution < -0.4 is 4.72 Å². The van der Waals surface area contributed by atoms with Crippen LogP contribution in [0, 0.1) is 12.7 Å². The molecule has 1 aromatic heterocycles. The summed E-state index contributed by atoms with van der Waals surface area (Å²) < 4.78 is 47.6. The number of carbonyl (C=O) groups is 1. The third kappa shape index (κ3) is 3.80. The lowest BCUT2D eigenvalue weighted by atomic mass is 10.0. The van der Waals surface area contributed by atoms with Crippen LogP contribution in [0.25, 0.3) is 0 Å². The molecule has 1 fully saturated rings. The number of thiophene rings is 1. The van der Waals surface area contributed by atoms with Crippen molar-refractivity contribution < 1.29 is 22.3 Å². The third-order valence-corrected chi connectivity index (χ3v) is 6.58. The van der Waals surface area contributed by atoms with Gasteiger partial charge in [-0.25, -0.2) is 9.11 Å². The lowest BCUT2D eigenvalue weighted by Crippen LogP contribution is -2.47. The summed E-state index contributed by atoms with van der Waals surface area (Å²) in [6.45, 7) is 2.02. The second-order valence-corrected chi connectivity index (χ2v) is 8.63. The van der Waals surface area contributed by atoms with Crippen molar-refractivity contribution in [2.24, 2.45) is 0 Å². The molecule has 6 nitrogen and oxygen atoms in total. The lowest BCUT2D eigenvalue weighted by molar-refractivity contribution is 0.0862. The first-order valence-electron chi connectivity index (χ1n) is 7.99. The molecule has 1 unspecified atom stereocenters. The standard InChI is InChI=1S/C17H19FN2O4S2/c1-11-9-12(3-4-14(11)18)16-15(5-7-24-16)20(2)26(22,23)19-17(21)13-6-8-25-10-13/h3-4,6,8-10,15-16H,5,7H2,1-2H3,(H,19,21)/t15-,16?/m0/s1. The molecule has 0 bridgehead atoms. The summed E-state index contributed by atoms with van der Waals surface area (Å²) in [7, 11) is -2.64. The van der Waals surface area contributed by atoms with Gasteiger partial charge in [-0.15, -0.1) is 0 Å². The molecule has 0 radical (unpaired) electrons. The number of hydrogen-bond acceptors (Lipinski definition) is 5. The molecule has 1 amide bonds. The molecule has 0 spiro atoms. The average molecular weight is 398 g/mol. The normalized spacial score (nSPS) is 20.5. The van der Waals surface area contributed by atoms with Crippen molar-refractivity contribution in [3.63, 3.8) is 0 Å². The maximum atomic E-state index is 13.5. The quantitative estimate of drug-likeness (QED) is 0.840. The monoisotopic (exact) mass is 398 g/mol. The van der Waals surface area contributed by atoms with E-state index in [9.17, 15) is 17.6 Å². The SMILES string of the molecule is Cc1cc(C2OCC[C@@H]2N(C)S(=O)(=O)NC(=O)c2ccsc2)ccc1F. The van der Waals surface area contributed by atoms with Crippen molar-refractivity contribution in [1.82, 2.24) is 9.03 Å². The number of carbonyl (C=O) groups excluding carboxylic acids is 1. The Morgan fingerprint density at radius 3 is 2.81 bits per heavy atom. The van der Waals surface area contributed by atoms with Gasteiger partial charge in [0.1, 0.15) is 5.82 Å². The topological polar surface area (TPSA) is 75.7 Å². The first-order chi connectivity index (χ1) is 12.3. The molecule has 26 heavy (non-hydrogen) atoms. The van der Waals surface area contributed by atoms with Gasteiger partial charge in [-0.1, -0.05) is 12.1 Å². The summed E-state index contributed by atoms with van der Waals surface area (Å²) in [5.41, 5.74) is 1.46. The van der Waals surface area contributed by atoms with E-state index in [1.165, 1.54) is 24.5 Å². The van der Waals surface area contributed by atoms with Crippen LogP contribution in [-0.2, 0) is 14.9 Å². The summed E-state index contributed by atoms with van der Waals surface area (Å²) >= 11 is 1.31. The molecule has 2 atom stereocenters. The number of amides is 1. The minimum atomic E-state index is -4.04. The van der Waals surface area contributed by atoms with E-state index in [-0.39, 0.29) is 5.82 Å². The maximum absolute atomic E-state index is 13.5. The van der Waals surface area contributed by atoms with Crippen LogP contribution in [0.1, 0.15) is 34.0 Å². The Kier molecular flexibility index (Phi) is 5.42. The van der Waals surface area contributed by atoms with E-state index < -0.39 is 28.3 Å². The minimum absolute atomic E-state index is 0.292. The zero-order chi connectivity index (χ0) is 18.9. The minimum Gasteiger partial charge on any atom is -0.372 e. The van der Waals surface area contributed by atoms with Crippen LogP contribution in [0.15, 0.2) is 35.0 Å². The highest BCUT2D eigenvalue weighted by Crippen LogP contribution is 2.34. The Morgan fingerprint density at radius 2 is 2.15 bits per heavy atom. The molecule has 1 saturated heterocycles. The van der Waals surface area contributed by atoms with E-state index in [0.717, 1.165) is 4.31 Å². The van der Waals surface area contributed by atoms with Crippen molar-refractivity contribution in [2.75, 3.05) is 13.7 Å². The molecule has 2 aromatic rings. The van der Waals surface area contributed by atoms with Crippen LogP contribution in [0.5, 0.6) is 0 Å². The number of rotatable bonds is 5. The highest BCUT2D eigenvalue weighted by molar-refractivity contribution is 7.87. The summed E-state index contributed by atoms with van der Waals surface area (Å²) in [4.78, 5) is 12.1. The smallest absolute Gasteiger partial charge is 0.304 e. The van der Waals surface area contributed by atoms with Crippen LogP contribution in [0.3, 0.4) is 0 Å². The number of nitrogens with one attached hydrogen (secondary N) is 1. The van der Waals surface area contributed by atoms with Crippen LogP contribution >= 0.6 is 11.3 Å². The van der Waals surface area contributed by atoms with Gasteiger partial charge in [0.2, 0.25) is 0 Å². The van der Waals surface area contributed by atoms with E-state index in [2.05, 4.69) is 4.72 Å². The Bertz CT molecular complexity index is 899. The van der Waals surface area contributed by atoms with Crippen molar-refractivity contribution in [3.8, 4) is 0 Å². The highest BCUT2D eigenvalue weighted by Gasteiger charge is 2.38. The zero-order valence-electron chi connectivity index (χ0n) is 14.3. The van der Waals surface area contributed by atoms with Gasteiger partial charge in [0.15, 0.2) is 0 Å². The lowest BCUT2D eigenvalue weighted by Gasteiger charge is -2.28. The van der Waals surface area contributed by atoms with E-state index in [4.69, 9.17) is 4.74 Å². The fourth-order valence-electron chi connectivity index (χ4n) is 2.93. The van der Waals surface area contributed by atoms with Gasteiger partial charge in [-0.2, -0.15) is 24.1 Å². The molecule has 0 aliphatic carbocycles. The Labute approximate surface area is 155 Å². The molecule has 1 aliphatic rings. The largest absolute Gasteiger partial charge is 0.372 e. The number of nitrogens with zero attached hydrogens (tertiary/aromatic N) is 1. The Hall–Kier alpha value is -1.81. The van der Waals surface area contributed by atoms with Gasteiger partial charge in [0.25, 0.3) is 5.91 Å². The number of aryl methyl sites for hydroxylation is 1. The van der Waals surface area contributed by atoms with Gasteiger partial charge in [-0.05, 0) is 42.0 Å². The Balaban J connectivity index is 1.79. The highest BCUT2D eigenvalue weighted by atomic mass is 32.2. The average Bonchev–Trinajstić information content (AvgIpc) is 3.27. The molecule has 140 valence electrons. The molecule has 9 heteroatoms. The zero-order valence-corrected chi connectivity index (χ0v) is 15.9. The fourth-order valence-corrected chi connectivity index (χ4v) is 4.64. The second kappa shape index (κ2) is 7.43. The summed E-state index contributed by atoms with van der Waals surface area (Å²) in [6, 6.07) is 5.65. The maximum Gasteiger partial charge on any atom is 0.304 e. The van der Waals surface area contributed by atoms with Crippen molar-refractivity contribution in [1.29, 1.82) is 0 Å². The molecule has 1 aromatic carbocycles. The van der Waals surface area contributed by atoms with E-state index in [1.54, 1.807) is 35.9 Å². The van der Waals surface area contributed by atoms with Crippen molar-refractivity contribution in [3.05, 3.63) is 57.5 Å². The molecule has 3 rings (SSSR count). The van der Waals surface area contributed by atoms with Crippen LogP contribution in [0.2, 0.25) is 0 Å². The number of likely N-dealkylation sites (N-methyl/N-ethyl adjacent to an activating group) is 1. The molecular weight excluding hydrogens is 379 g/mol. The van der Waals surface area contributed by atoms with Gasteiger partial charge >= 0.3 is 10.2 Å². The first kappa shape index (κ1) is 19.0. The van der Waals surface area contributed by atoms with Crippen LogP contribution in [-0.4, -0.2) is 38.3 Å². The van der Waals surface area contributed by atoms with Crippen molar-refractivity contribution >= 4 is 27.5 Å². The Morgan fingerprint density at radius 1 is 1.38 bits per heavy atom. The van der Waals surface area contributed by atoms with Gasteiger partial charge < -0.3 is 4.74 Å². The van der Waals surface area contributed by atoms with Gasteiger partial charge in [-0.3, -0.25) is 4.79 Å². The summed E-state index contributed by atoms with van der Waals surface area (Å²) in [6.07, 6.45) is -0.0439. The summed E-state index contributed by atoms with van der Waals surface area (Å²) in [5, 5.41) is 3.27. The molecule has 2 heterocycles.